The van der Waals surface area contributed by atoms with Crippen LogP contribution in [0, 0.1) is 6.57 Å². The van der Waals surface area contributed by atoms with Crippen LogP contribution in [-0.4, -0.2) is 73.9 Å². The molecule has 7 aromatic heterocycles. The van der Waals surface area contributed by atoms with Gasteiger partial charge in [0.2, 0.25) is 0 Å². The molecular formula is C96H58N16. The first kappa shape index (κ1) is 65.6. The number of hydrogen-bond acceptors (Lipinski definition) is 13. The van der Waals surface area contributed by atoms with E-state index in [1.165, 1.54) is 0 Å². The second kappa shape index (κ2) is 28.1. The van der Waals surface area contributed by atoms with Gasteiger partial charge in [0.15, 0.2) is 75.6 Å². The first-order valence-corrected chi connectivity index (χ1v) is 36.6. The Hall–Kier alpha value is -15.9. The smallest absolute Gasteiger partial charge is 0.195 e. The van der Waals surface area contributed by atoms with Gasteiger partial charge in [0.05, 0.1) is 52.4 Å². The van der Waals surface area contributed by atoms with E-state index in [2.05, 4.69) is 86.8 Å². The van der Waals surface area contributed by atoms with E-state index in [1.54, 1.807) is 0 Å². The number of fused-ring (bicyclic) bond motifs is 6. The SMILES string of the molecule is [C-]#[N+]c1ccccc1-c1c(-n2c3ccc(-c4nc(-c5ccccc5)nc(-c5ccccc5)n4)cc3c3cc(-c4nc(-c5ccccc5)nc(-c5ccccc5)n4)ccc32)cncc1-n1c2ccc(-c3nc(-c4ccccc4)nc(-c4ccccc4)n3)cc2c2cc(-c3nc(-c4ccccc4)nc(-c4ccccc4)n3)ccc21. The highest BCUT2D eigenvalue weighted by Gasteiger charge is 2.28. The van der Waals surface area contributed by atoms with Gasteiger partial charge >= 0.3 is 0 Å². The minimum atomic E-state index is 0.444. The molecule has 20 aromatic rings. The lowest BCUT2D eigenvalue weighted by Gasteiger charge is -2.20. The predicted molar refractivity (Wildman–Crippen MR) is 443 cm³/mol. The molecule has 0 fully saturated rings. The van der Waals surface area contributed by atoms with Gasteiger partial charge in [-0.1, -0.05) is 267 Å². The van der Waals surface area contributed by atoms with Gasteiger partial charge in [-0.25, -0.2) is 64.7 Å². The van der Waals surface area contributed by atoms with Crippen molar-refractivity contribution in [1.29, 1.82) is 0 Å². The Morgan fingerprint density at radius 3 is 0.616 bits per heavy atom. The monoisotopic (exact) mass is 1430 g/mol. The fourth-order valence-corrected chi connectivity index (χ4v) is 14.7. The Morgan fingerprint density at radius 2 is 0.402 bits per heavy atom. The molecule has 0 atom stereocenters. The fraction of sp³-hybridized carbons (Fsp3) is 0. The van der Waals surface area contributed by atoms with Gasteiger partial charge in [-0.3, -0.25) is 4.98 Å². The van der Waals surface area contributed by atoms with Crippen LogP contribution < -0.4 is 0 Å². The average Bonchev–Trinajstić information content (AvgIpc) is 1.55. The molecule has 0 unspecified atom stereocenters. The molecule has 0 saturated heterocycles. The first-order valence-electron chi connectivity index (χ1n) is 36.6. The molecule has 16 heteroatoms. The van der Waals surface area contributed by atoms with Crippen LogP contribution in [0.15, 0.2) is 352 Å². The highest BCUT2D eigenvalue weighted by atomic mass is 15.1. The summed E-state index contributed by atoms with van der Waals surface area (Å²) in [5.41, 5.74) is 16.5. The average molecular weight is 1440 g/mol. The highest BCUT2D eigenvalue weighted by Crippen LogP contribution is 2.47. The first-order chi connectivity index (χ1) is 55.4. The van der Waals surface area contributed by atoms with E-state index < -0.39 is 0 Å². The standard InChI is InChI=1S/C96H58N16/c1-97-77-45-27-26-44-72(77)84-82(111-78-50-46-68(93-103-85(60-28-10-2-11-29-60)99-86(104-93)61-30-12-3-13-31-61)54-73(78)74-55-69(47-51-79(74)111)94-105-87(62-32-14-4-15-33-62)100-88(106-94)63-34-16-5-17-35-63)58-98-59-83(84)112-80-52-48-70(95-107-89(64-36-18-6-19-37-64)101-90(108-95)65-38-20-7-21-39-65)56-75(80)76-57-71(49-53-81(76)112)96-109-91(66-40-22-8-23-41-66)102-92(110-96)67-42-24-9-25-43-67/h2-59H. The molecule has 0 amide bonds. The maximum atomic E-state index is 8.96. The summed E-state index contributed by atoms with van der Waals surface area (Å²) < 4.78 is 4.52. The van der Waals surface area contributed by atoms with Crippen LogP contribution in [0.25, 0.3) is 208 Å². The van der Waals surface area contributed by atoms with Gasteiger partial charge < -0.3 is 9.13 Å². The van der Waals surface area contributed by atoms with Crippen molar-refractivity contribution >= 4 is 49.3 Å². The quantitative estimate of drug-likeness (QED) is 0.0885. The highest BCUT2D eigenvalue weighted by molar-refractivity contribution is 6.14. The number of rotatable bonds is 15. The molecular weight excluding hydrogens is 1380 g/mol. The summed E-state index contributed by atoms with van der Waals surface area (Å²) in [6.45, 7) is 8.96. The van der Waals surface area contributed by atoms with Crippen LogP contribution in [0.4, 0.5) is 5.69 Å². The Balaban J connectivity index is 0.850. The summed E-state index contributed by atoms with van der Waals surface area (Å²) in [7, 11) is 0. The van der Waals surface area contributed by atoms with Crippen LogP contribution in [0.2, 0.25) is 0 Å². The molecule has 112 heavy (non-hydrogen) atoms. The van der Waals surface area contributed by atoms with E-state index in [0.717, 1.165) is 116 Å². The zero-order valence-electron chi connectivity index (χ0n) is 59.6. The third kappa shape index (κ3) is 12.2. The molecule has 0 radical (unpaired) electrons. The molecule has 522 valence electrons. The van der Waals surface area contributed by atoms with Gasteiger partial charge in [0.25, 0.3) is 0 Å². The lowest BCUT2D eigenvalue weighted by molar-refractivity contribution is 1.07. The predicted octanol–water partition coefficient (Wildman–Crippen LogP) is 22.2. The van der Waals surface area contributed by atoms with Crippen LogP contribution in [0.5, 0.6) is 0 Å². The van der Waals surface area contributed by atoms with Crippen molar-refractivity contribution in [1.82, 2.24) is 73.9 Å². The third-order valence-electron chi connectivity index (χ3n) is 20.0. The Labute approximate surface area is 642 Å². The summed E-state index contributed by atoms with van der Waals surface area (Å²) in [5, 5.41) is 3.49. The molecule has 7 heterocycles. The number of aromatic nitrogens is 15. The maximum absolute atomic E-state index is 8.96. The zero-order chi connectivity index (χ0) is 74.4. The number of benzene rings is 13. The fourth-order valence-electron chi connectivity index (χ4n) is 14.7. The number of pyridine rings is 1. The Bertz CT molecular complexity index is 6050. The molecule has 0 aliphatic heterocycles. The van der Waals surface area contributed by atoms with Crippen molar-refractivity contribution in [2.75, 3.05) is 0 Å². The Morgan fingerprint density at radius 1 is 0.205 bits per heavy atom. The van der Waals surface area contributed by atoms with E-state index in [9.17, 15) is 0 Å². The second-order valence-electron chi connectivity index (χ2n) is 26.9. The van der Waals surface area contributed by atoms with Crippen molar-refractivity contribution in [3.8, 4) is 159 Å². The molecule has 20 rings (SSSR count). The summed E-state index contributed by atoms with van der Waals surface area (Å²) >= 11 is 0. The van der Waals surface area contributed by atoms with Crippen molar-refractivity contribution in [2.24, 2.45) is 0 Å². The zero-order valence-corrected chi connectivity index (χ0v) is 59.6. The molecule has 0 aliphatic rings. The van der Waals surface area contributed by atoms with Crippen molar-refractivity contribution in [3.63, 3.8) is 0 Å². The van der Waals surface area contributed by atoms with Crippen molar-refractivity contribution in [2.45, 2.75) is 0 Å². The minimum Gasteiger partial charge on any atom is -0.307 e. The van der Waals surface area contributed by atoms with E-state index in [4.69, 9.17) is 71.4 Å². The van der Waals surface area contributed by atoms with Gasteiger partial charge in [-0.15, -0.1) is 0 Å². The third-order valence-corrected chi connectivity index (χ3v) is 20.0. The topological polar surface area (TPSA) is 182 Å². The molecule has 0 saturated carbocycles. The number of nitrogens with zero attached hydrogens (tertiary/aromatic N) is 16. The van der Waals surface area contributed by atoms with Gasteiger partial charge in [-0.05, 0) is 78.4 Å². The van der Waals surface area contributed by atoms with Gasteiger partial charge in [-0.2, -0.15) is 0 Å². The molecule has 0 N–H and O–H groups in total. The summed E-state index contributed by atoms with van der Waals surface area (Å²) in [5.74, 6) is 6.27. The summed E-state index contributed by atoms with van der Waals surface area (Å²) in [4.78, 5) is 71.9. The molecule has 0 bridgehead atoms. The second-order valence-corrected chi connectivity index (χ2v) is 26.9. The minimum absolute atomic E-state index is 0.444. The normalized spacial score (nSPS) is 11.4. The Kier molecular flexibility index (Phi) is 16.5. The van der Waals surface area contributed by atoms with E-state index in [-0.39, 0.29) is 0 Å². The molecule has 0 spiro atoms. The number of hydrogen-bond donors (Lipinski definition) is 0. The van der Waals surface area contributed by atoms with Crippen LogP contribution in [0.3, 0.4) is 0 Å². The van der Waals surface area contributed by atoms with Crippen LogP contribution in [-0.2, 0) is 0 Å². The lowest BCUT2D eigenvalue weighted by Crippen LogP contribution is -2.05. The molecule has 13 aromatic carbocycles. The molecule has 0 aliphatic carbocycles. The lowest BCUT2D eigenvalue weighted by atomic mass is 10.0. The van der Waals surface area contributed by atoms with E-state index >= 15 is 0 Å². The van der Waals surface area contributed by atoms with E-state index in [0.29, 0.717) is 92.5 Å². The van der Waals surface area contributed by atoms with Crippen LogP contribution in [0.1, 0.15) is 0 Å². The van der Waals surface area contributed by atoms with Crippen molar-refractivity contribution in [3.05, 3.63) is 364 Å². The van der Waals surface area contributed by atoms with Crippen LogP contribution >= 0.6 is 0 Å². The van der Waals surface area contributed by atoms with Gasteiger partial charge in [0.1, 0.15) is 0 Å². The largest absolute Gasteiger partial charge is 0.307 e. The summed E-state index contributed by atoms with van der Waals surface area (Å²) in [6, 6.07) is 113. The van der Waals surface area contributed by atoms with E-state index in [1.807, 2.05) is 279 Å². The van der Waals surface area contributed by atoms with Crippen molar-refractivity contribution < 1.29 is 0 Å². The summed E-state index contributed by atoms with van der Waals surface area (Å²) in [6.07, 6.45) is 3.81. The maximum Gasteiger partial charge on any atom is 0.195 e. The molecule has 16 nitrogen and oxygen atoms in total. The number of para-hydroxylation sites is 1. The van der Waals surface area contributed by atoms with Gasteiger partial charge in [0, 0.05) is 93.9 Å².